The Morgan fingerprint density at radius 2 is 1.60 bits per heavy atom. The van der Waals surface area contributed by atoms with E-state index in [2.05, 4.69) is 0 Å². The largest absolute Gasteiger partial charge is 0.497 e. The van der Waals surface area contributed by atoms with E-state index >= 15 is 0 Å². The van der Waals surface area contributed by atoms with E-state index in [1.54, 1.807) is 43.5 Å². The Kier molecular flexibility index (Phi) is 7.51. The fourth-order valence-corrected chi connectivity index (χ4v) is 4.34. The average Bonchev–Trinajstić information content (AvgIpc) is 3.18. The highest BCUT2D eigenvalue weighted by Crippen LogP contribution is 2.28. The van der Waals surface area contributed by atoms with Gasteiger partial charge in [-0.2, -0.15) is 0 Å². The molecule has 0 N–H and O–H groups in total. The molecule has 7 heteroatoms. The lowest BCUT2D eigenvalue weighted by Crippen LogP contribution is -2.46. The molecule has 1 atom stereocenters. The number of imide groups is 1. The number of hydrogen-bond acceptors (Lipinski definition) is 4. The van der Waals surface area contributed by atoms with Crippen molar-refractivity contribution in [2.45, 2.75) is 32.2 Å². The lowest BCUT2D eigenvalue weighted by Gasteiger charge is -2.28. The summed E-state index contributed by atoms with van der Waals surface area (Å²) in [6.07, 6.45) is 1.32. The fraction of sp³-hybridized carbons (Fsp3) is 0.250. The number of anilines is 1. The highest BCUT2D eigenvalue weighted by atomic mass is 35.5. The molecule has 1 unspecified atom stereocenters. The van der Waals surface area contributed by atoms with Crippen molar-refractivity contribution in [3.8, 4) is 5.75 Å². The highest BCUT2D eigenvalue weighted by molar-refractivity contribution is 6.30. The topological polar surface area (TPSA) is 66.9 Å². The summed E-state index contributed by atoms with van der Waals surface area (Å²) in [5.41, 5.74) is 3.04. The van der Waals surface area contributed by atoms with Gasteiger partial charge in [0.25, 0.3) is 11.8 Å². The van der Waals surface area contributed by atoms with Crippen LogP contribution in [0.25, 0.3) is 0 Å². The molecule has 0 spiro atoms. The summed E-state index contributed by atoms with van der Waals surface area (Å²) in [5.74, 6) is -0.285. The number of halogens is 1. The number of hydrogen-bond donors (Lipinski definition) is 0. The van der Waals surface area contributed by atoms with Gasteiger partial charge in [-0.3, -0.25) is 14.4 Å². The molecule has 0 aromatic heterocycles. The van der Waals surface area contributed by atoms with Gasteiger partial charge in [-0.1, -0.05) is 42.8 Å². The first-order valence-corrected chi connectivity index (χ1v) is 11.9. The van der Waals surface area contributed by atoms with Crippen LogP contribution in [0.1, 0.15) is 34.8 Å². The standard InChI is InChI=1S/C28H27ClN2O4/c1-3-19-4-12-23(13-5-19)31-26(32)18-25(28(31)34)30(27(33)21-8-10-22(29)11-9-21)17-16-20-6-14-24(35-2)15-7-20/h4-15,25H,3,16-18H2,1-2H3. The summed E-state index contributed by atoms with van der Waals surface area (Å²) >= 11 is 6.00. The molecule has 0 aliphatic carbocycles. The molecule has 1 fully saturated rings. The van der Waals surface area contributed by atoms with Gasteiger partial charge < -0.3 is 9.64 Å². The van der Waals surface area contributed by atoms with Crippen LogP contribution in [0.3, 0.4) is 0 Å². The lowest BCUT2D eigenvalue weighted by atomic mass is 10.1. The van der Waals surface area contributed by atoms with Crippen LogP contribution >= 0.6 is 11.6 Å². The molecule has 1 aliphatic rings. The summed E-state index contributed by atoms with van der Waals surface area (Å²) in [5, 5.41) is 0.514. The maximum atomic E-state index is 13.5. The van der Waals surface area contributed by atoms with Crippen LogP contribution in [0, 0.1) is 0 Å². The van der Waals surface area contributed by atoms with Crippen molar-refractivity contribution in [1.82, 2.24) is 4.90 Å². The molecule has 1 heterocycles. The summed E-state index contributed by atoms with van der Waals surface area (Å²) in [4.78, 5) is 42.6. The van der Waals surface area contributed by atoms with Crippen LogP contribution in [0.15, 0.2) is 72.8 Å². The number of benzene rings is 3. The van der Waals surface area contributed by atoms with Crippen LogP contribution in [-0.4, -0.2) is 42.3 Å². The minimum atomic E-state index is -0.880. The monoisotopic (exact) mass is 490 g/mol. The maximum Gasteiger partial charge on any atom is 0.257 e. The van der Waals surface area contributed by atoms with Gasteiger partial charge in [-0.25, -0.2) is 4.90 Å². The third kappa shape index (κ3) is 5.38. The fourth-order valence-electron chi connectivity index (χ4n) is 4.21. The summed E-state index contributed by atoms with van der Waals surface area (Å²) in [6, 6.07) is 20.6. The number of carbonyl (C=O) groups is 3. The third-order valence-electron chi connectivity index (χ3n) is 6.25. The predicted octanol–water partition coefficient (Wildman–Crippen LogP) is 4.93. The summed E-state index contributed by atoms with van der Waals surface area (Å²) in [6.45, 7) is 2.32. The Hall–Kier alpha value is -3.64. The van der Waals surface area contributed by atoms with Crippen molar-refractivity contribution >= 4 is 35.0 Å². The van der Waals surface area contributed by atoms with E-state index in [0.29, 0.717) is 22.7 Å². The van der Waals surface area contributed by atoms with Crippen molar-refractivity contribution in [3.05, 3.63) is 94.5 Å². The minimum absolute atomic E-state index is 0.0592. The first kappa shape index (κ1) is 24.5. The molecule has 3 aromatic rings. The van der Waals surface area contributed by atoms with E-state index in [-0.39, 0.29) is 24.8 Å². The zero-order valence-electron chi connectivity index (χ0n) is 19.7. The Morgan fingerprint density at radius 1 is 0.971 bits per heavy atom. The second-order valence-electron chi connectivity index (χ2n) is 8.41. The molecule has 1 saturated heterocycles. The van der Waals surface area contributed by atoms with Gasteiger partial charge in [0.15, 0.2) is 0 Å². The van der Waals surface area contributed by atoms with Gasteiger partial charge in [-0.15, -0.1) is 0 Å². The van der Waals surface area contributed by atoms with Crippen molar-refractivity contribution < 1.29 is 19.1 Å². The Labute approximate surface area is 210 Å². The molecule has 35 heavy (non-hydrogen) atoms. The SMILES string of the molecule is CCc1ccc(N2C(=O)CC(N(CCc3ccc(OC)cc3)C(=O)c3ccc(Cl)cc3)C2=O)cc1. The second-order valence-corrected chi connectivity index (χ2v) is 8.85. The molecule has 0 saturated carbocycles. The van der Waals surface area contributed by atoms with E-state index in [1.807, 2.05) is 43.3 Å². The number of ether oxygens (including phenoxy) is 1. The molecular weight excluding hydrogens is 464 g/mol. The van der Waals surface area contributed by atoms with Gasteiger partial charge in [0.1, 0.15) is 11.8 Å². The molecule has 4 rings (SSSR count). The molecule has 3 amide bonds. The zero-order valence-corrected chi connectivity index (χ0v) is 20.5. The average molecular weight is 491 g/mol. The minimum Gasteiger partial charge on any atom is -0.497 e. The first-order chi connectivity index (χ1) is 16.9. The van der Waals surface area contributed by atoms with Gasteiger partial charge >= 0.3 is 0 Å². The van der Waals surface area contributed by atoms with Gasteiger partial charge in [0.05, 0.1) is 19.2 Å². The summed E-state index contributed by atoms with van der Waals surface area (Å²) in [7, 11) is 1.60. The molecule has 1 aliphatic heterocycles. The number of amides is 3. The van der Waals surface area contributed by atoms with Crippen LogP contribution in [-0.2, 0) is 22.4 Å². The summed E-state index contributed by atoms with van der Waals surface area (Å²) < 4.78 is 5.21. The van der Waals surface area contributed by atoms with Gasteiger partial charge in [0.2, 0.25) is 5.91 Å². The van der Waals surface area contributed by atoms with E-state index in [1.165, 1.54) is 9.80 Å². The van der Waals surface area contributed by atoms with Gasteiger partial charge in [0, 0.05) is 17.1 Å². The number of nitrogens with zero attached hydrogens (tertiary/aromatic N) is 2. The maximum absolute atomic E-state index is 13.5. The molecule has 0 bridgehead atoms. The quantitative estimate of drug-likeness (QED) is 0.420. The van der Waals surface area contributed by atoms with Crippen molar-refractivity contribution in [2.24, 2.45) is 0 Å². The Balaban J connectivity index is 1.61. The Morgan fingerprint density at radius 3 is 2.20 bits per heavy atom. The van der Waals surface area contributed by atoms with E-state index in [0.717, 1.165) is 23.3 Å². The number of methoxy groups -OCH3 is 1. The predicted molar refractivity (Wildman–Crippen MR) is 136 cm³/mol. The molecule has 3 aromatic carbocycles. The highest BCUT2D eigenvalue weighted by Gasteiger charge is 2.44. The molecule has 6 nitrogen and oxygen atoms in total. The second kappa shape index (κ2) is 10.7. The van der Waals surface area contributed by atoms with E-state index in [9.17, 15) is 14.4 Å². The van der Waals surface area contributed by atoms with E-state index < -0.39 is 11.9 Å². The van der Waals surface area contributed by atoms with Crippen LogP contribution in [0.2, 0.25) is 5.02 Å². The van der Waals surface area contributed by atoms with Crippen molar-refractivity contribution in [1.29, 1.82) is 0 Å². The Bertz CT molecular complexity index is 1210. The van der Waals surface area contributed by atoms with Crippen molar-refractivity contribution in [2.75, 3.05) is 18.6 Å². The van der Waals surface area contributed by atoms with Crippen LogP contribution in [0.4, 0.5) is 5.69 Å². The third-order valence-corrected chi connectivity index (χ3v) is 6.51. The van der Waals surface area contributed by atoms with E-state index in [4.69, 9.17) is 16.3 Å². The van der Waals surface area contributed by atoms with Crippen molar-refractivity contribution in [3.63, 3.8) is 0 Å². The zero-order chi connectivity index (χ0) is 24.9. The van der Waals surface area contributed by atoms with Crippen LogP contribution < -0.4 is 9.64 Å². The number of rotatable bonds is 8. The number of carbonyl (C=O) groups excluding carboxylic acids is 3. The normalized spacial score (nSPS) is 15.4. The first-order valence-electron chi connectivity index (χ1n) is 11.6. The van der Waals surface area contributed by atoms with Crippen LogP contribution in [0.5, 0.6) is 5.75 Å². The number of aryl methyl sites for hydroxylation is 1. The molecule has 180 valence electrons. The smallest absolute Gasteiger partial charge is 0.257 e. The lowest BCUT2D eigenvalue weighted by molar-refractivity contribution is -0.122. The van der Waals surface area contributed by atoms with Gasteiger partial charge in [-0.05, 0) is 72.5 Å². The molecular formula is C28H27ClN2O4. The molecule has 0 radical (unpaired) electrons.